The second kappa shape index (κ2) is 7.80. The standard InChI is InChI=1S/C21H19N3O2S/c25-19(15-5-2-1-3-6-15)9-10-20(26)22-17-8-4-7-16(13-17)18-14-24-11-12-27-21(24)23-18/h1-8,13-14H,9-12H2,(H,22,26). The van der Waals surface area contributed by atoms with Crippen molar-refractivity contribution in [1.82, 2.24) is 9.55 Å². The normalized spacial score (nSPS) is 12.6. The van der Waals surface area contributed by atoms with E-state index in [1.807, 2.05) is 42.5 Å². The van der Waals surface area contributed by atoms with Gasteiger partial charge in [0.1, 0.15) is 0 Å². The maximum Gasteiger partial charge on any atom is 0.224 e. The van der Waals surface area contributed by atoms with E-state index in [1.165, 1.54) is 0 Å². The van der Waals surface area contributed by atoms with Gasteiger partial charge in [-0.05, 0) is 12.1 Å². The van der Waals surface area contributed by atoms with E-state index < -0.39 is 0 Å². The van der Waals surface area contributed by atoms with Crippen molar-refractivity contribution >= 4 is 29.1 Å². The number of thioether (sulfide) groups is 1. The largest absolute Gasteiger partial charge is 0.326 e. The van der Waals surface area contributed by atoms with Crippen LogP contribution in [0.4, 0.5) is 5.69 Å². The molecule has 0 saturated heterocycles. The SMILES string of the molecule is O=C(CCC(=O)c1ccccc1)Nc1cccc(-c2cn3c(n2)SCC3)c1. The molecule has 1 amide bonds. The topological polar surface area (TPSA) is 64.0 Å². The van der Waals surface area contributed by atoms with Crippen LogP contribution in [0.5, 0.6) is 0 Å². The number of Topliss-reactive ketones (excluding diaryl/α,β-unsaturated/α-hetero) is 1. The fourth-order valence-electron chi connectivity index (χ4n) is 3.02. The van der Waals surface area contributed by atoms with Crippen LogP contribution in [0, 0.1) is 0 Å². The lowest BCUT2D eigenvalue weighted by Crippen LogP contribution is -2.13. The minimum absolute atomic E-state index is 0.0236. The van der Waals surface area contributed by atoms with Gasteiger partial charge in [-0.15, -0.1) is 0 Å². The second-order valence-electron chi connectivity index (χ2n) is 6.37. The average molecular weight is 377 g/mol. The number of nitrogens with zero attached hydrogens (tertiary/aromatic N) is 2. The molecular formula is C21H19N3O2S. The molecule has 27 heavy (non-hydrogen) atoms. The fraction of sp³-hybridized carbons (Fsp3) is 0.190. The molecule has 0 atom stereocenters. The molecule has 136 valence electrons. The lowest BCUT2D eigenvalue weighted by molar-refractivity contribution is -0.116. The summed E-state index contributed by atoms with van der Waals surface area (Å²) in [5.41, 5.74) is 3.23. The Morgan fingerprint density at radius 3 is 2.74 bits per heavy atom. The molecule has 0 fully saturated rings. The number of fused-ring (bicyclic) bond motifs is 1. The van der Waals surface area contributed by atoms with Crippen LogP contribution < -0.4 is 5.32 Å². The maximum absolute atomic E-state index is 12.2. The summed E-state index contributed by atoms with van der Waals surface area (Å²) in [6.07, 6.45) is 2.41. The quantitative estimate of drug-likeness (QED) is 0.652. The molecule has 1 aliphatic heterocycles. The predicted molar refractivity (Wildman–Crippen MR) is 107 cm³/mol. The third-order valence-electron chi connectivity index (χ3n) is 4.42. The fourth-order valence-corrected chi connectivity index (χ4v) is 3.97. The molecule has 6 heteroatoms. The number of hydrogen-bond acceptors (Lipinski definition) is 4. The van der Waals surface area contributed by atoms with Gasteiger partial charge in [-0.25, -0.2) is 4.98 Å². The van der Waals surface area contributed by atoms with Crippen LogP contribution in [0.1, 0.15) is 23.2 Å². The maximum atomic E-state index is 12.2. The Balaban J connectivity index is 1.37. The van der Waals surface area contributed by atoms with Gasteiger partial charge in [-0.2, -0.15) is 0 Å². The molecule has 0 bridgehead atoms. The highest BCUT2D eigenvalue weighted by molar-refractivity contribution is 7.99. The van der Waals surface area contributed by atoms with E-state index in [0.29, 0.717) is 11.3 Å². The zero-order valence-corrected chi connectivity index (χ0v) is 15.5. The summed E-state index contributed by atoms with van der Waals surface area (Å²) in [5.74, 6) is 0.879. The van der Waals surface area contributed by atoms with Gasteiger partial charge in [0, 0.05) is 48.2 Å². The van der Waals surface area contributed by atoms with Gasteiger partial charge >= 0.3 is 0 Å². The lowest BCUT2D eigenvalue weighted by Gasteiger charge is -2.07. The van der Waals surface area contributed by atoms with Gasteiger partial charge in [-0.1, -0.05) is 54.2 Å². The number of amides is 1. The van der Waals surface area contributed by atoms with Crippen molar-refractivity contribution in [1.29, 1.82) is 0 Å². The van der Waals surface area contributed by atoms with Crippen LogP contribution in [0.3, 0.4) is 0 Å². The van der Waals surface area contributed by atoms with E-state index in [9.17, 15) is 9.59 Å². The molecular weight excluding hydrogens is 358 g/mol. The Morgan fingerprint density at radius 1 is 1.07 bits per heavy atom. The third-order valence-corrected chi connectivity index (χ3v) is 5.39. The van der Waals surface area contributed by atoms with Crippen LogP contribution in [0.15, 0.2) is 66.0 Å². The smallest absolute Gasteiger partial charge is 0.224 e. The number of carbonyl (C=O) groups is 2. The van der Waals surface area contributed by atoms with Gasteiger partial charge in [-0.3, -0.25) is 9.59 Å². The highest BCUT2D eigenvalue weighted by Crippen LogP contribution is 2.29. The summed E-state index contributed by atoms with van der Waals surface area (Å²) < 4.78 is 2.15. The number of imidazole rings is 1. The highest BCUT2D eigenvalue weighted by atomic mass is 32.2. The number of aryl methyl sites for hydroxylation is 1. The number of rotatable bonds is 6. The summed E-state index contributed by atoms with van der Waals surface area (Å²) in [5, 5.41) is 3.92. The first-order valence-electron chi connectivity index (χ1n) is 8.87. The van der Waals surface area contributed by atoms with Crippen LogP contribution in [-0.2, 0) is 11.3 Å². The number of ketones is 1. The van der Waals surface area contributed by atoms with Crippen molar-refractivity contribution in [2.24, 2.45) is 0 Å². The Morgan fingerprint density at radius 2 is 1.93 bits per heavy atom. The van der Waals surface area contributed by atoms with Crippen molar-refractivity contribution in [2.75, 3.05) is 11.1 Å². The summed E-state index contributed by atoms with van der Waals surface area (Å²) in [6.45, 7) is 0.985. The van der Waals surface area contributed by atoms with Crippen LogP contribution >= 0.6 is 11.8 Å². The molecule has 0 saturated carbocycles. The first kappa shape index (κ1) is 17.5. The third kappa shape index (κ3) is 4.11. The predicted octanol–water partition coefficient (Wildman–Crippen LogP) is 4.26. The summed E-state index contributed by atoms with van der Waals surface area (Å²) >= 11 is 1.76. The van der Waals surface area contributed by atoms with Gasteiger partial charge < -0.3 is 9.88 Å². The van der Waals surface area contributed by atoms with Crippen molar-refractivity contribution in [2.45, 2.75) is 24.5 Å². The Bertz CT molecular complexity index is 961. The monoisotopic (exact) mass is 377 g/mol. The van der Waals surface area contributed by atoms with Gasteiger partial charge in [0.25, 0.3) is 0 Å². The number of carbonyl (C=O) groups excluding carboxylic acids is 2. The molecule has 0 spiro atoms. The van der Waals surface area contributed by atoms with E-state index in [4.69, 9.17) is 0 Å². The number of aromatic nitrogens is 2. The van der Waals surface area contributed by atoms with Gasteiger partial charge in [0.2, 0.25) is 5.91 Å². The molecule has 5 nitrogen and oxygen atoms in total. The molecule has 0 radical (unpaired) electrons. The molecule has 1 aliphatic rings. The van der Waals surface area contributed by atoms with Crippen LogP contribution in [0.25, 0.3) is 11.3 Å². The van der Waals surface area contributed by atoms with Crippen molar-refractivity contribution in [3.63, 3.8) is 0 Å². The molecule has 2 aromatic carbocycles. The van der Waals surface area contributed by atoms with Crippen molar-refractivity contribution in [3.05, 3.63) is 66.4 Å². The zero-order valence-electron chi connectivity index (χ0n) is 14.7. The van der Waals surface area contributed by atoms with E-state index >= 15 is 0 Å². The molecule has 3 aromatic rings. The first-order chi connectivity index (χ1) is 13.2. The van der Waals surface area contributed by atoms with E-state index in [2.05, 4.69) is 21.1 Å². The number of benzene rings is 2. The highest BCUT2D eigenvalue weighted by Gasteiger charge is 2.15. The van der Waals surface area contributed by atoms with E-state index in [-0.39, 0.29) is 24.5 Å². The molecule has 2 heterocycles. The Hall–Kier alpha value is -2.86. The lowest BCUT2D eigenvalue weighted by atomic mass is 10.1. The summed E-state index contributed by atoms with van der Waals surface area (Å²) in [6, 6.07) is 16.7. The Labute approximate surface area is 161 Å². The minimum atomic E-state index is -0.167. The van der Waals surface area contributed by atoms with Crippen molar-refractivity contribution in [3.8, 4) is 11.3 Å². The molecule has 0 aliphatic carbocycles. The number of nitrogens with one attached hydrogen (secondary N) is 1. The van der Waals surface area contributed by atoms with Gasteiger partial charge in [0.15, 0.2) is 10.9 Å². The first-order valence-corrected chi connectivity index (χ1v) is 9.86. The number of hydrogen-bond donors (Lipinski definition) is 1. The second-order valence-corrected chi connectivity index (χ2v) is 7.43. The summed E-state index contributed by atoms with van der Waals surface area (Å²) in [4.78, 5) is 29.0. The average Bonchev–Trinajstić information content (AvgIpc) is 3.29. The summed E-state index contributed by atoms with van der Waals surface area (Å²) in [7, 11) is 0. The molecule has 4 rings (SSSR count). The minimum Gasteiger partial charge on any atom is -0.326 e. The zero-order chi connectivity index (χ0) is 18.6. The van der Waals surface area contributed by atoms with E-state index in [0.717, 1.165) is 28.7 Å². The van der Waals surface area contributed by atoms with E-state index in [1.54, 1.807) is 23.9 Å². The molecule has 1 N–H and O–H groups in total. The van der Waals surface area contributed by atoms with Gasteiger partial charge in [0.05, 0.1) is 5.69 Å². The Kier molecular flexibility index (Phi) is 5.07. The van der Waals surface area contributed by atoms with Crippen LogP contribution in [-0.4, -0.2) is 27.0 Å². The van der Waals surface area contributed by atoms with Crippen molar-refractivity contribution < 1.29 is 9.59 Å². The molecule has 1 aromatic heterocycles. The van der Waals surface area contributed by atoms with Crippen LogP contribution in [0.2, 0.25) is 0 Å². The number of anilines is 1. The molecule has 0 unspecified atom stereocenters.